The number of rotatable bonds is 5. The minimum absolute atomic E-state index is 0.0258. The number of aliphatic hydroxyl groups excluding tert-OH is 5. The molecule has 0 radical (unpaired) electrons. The molecular weight excluding hydrogens is 196 g/mol. The van der Waals surface area contributed by atoms with E-state index in [1.165, 1.54) is 0 Å². The van der Waals surface area contributed by atoms with Crippen molar-refractivity contribution in [3.8, 4) is 0 Å². The number of aldehydes is 1. The molecule has 0 aromatic carbocycles. The second kappa shape index (κ2) is 8.73. The van der Waals surface area contributed by atoms with Gasteiger partial charge in [0.05, 0.1) is 6.61 Å². The van der Waals surface area contributed by atoms with Crippen LogP contribution in [0.15, 0.2) is 0 Å². The standard InChI is InChI=1S/C6H12O6.CH2O/c7-1-3(9)5(11)6(12)4(10)2-8;1-2/h1,3-6,8-12H,2H2;1H2/t3-,4+,5+,6+;/m0./s1. The van der Waals surface area contributed by atoms with E-state index in [9.17, 15) is 4.79 Å². The van der Waals surface area contributed by atoms with Crippen LogP contribution in [0.2, 0.25) is 0 Å². The number of hydrogen-bond acceptors (Lipinski definition) is 7. The van der Waals surface area contributed by atoms with Gasteiger partial charge in [0.2, 0.25) is 0 Å². The van der Waals surface area contributed by atoms with Gasteiger partial charge < -0.3 is 35.1 Å². The molecule has 7 nitrogen and oxygen atoms in total. The van der Waals surface area contributed by atoms with Crippen molar-refractivity contribution in [2.75, 3.05) is 6.61 Å². The van der Waals surface area contributed by atoms with Gasteiger partial charge in [-0.3, -0.25) is 0 Å². The Morgan fingerprint density at radius 1 is 1.07 bits per heavy atom. The molecule has 0 bridgehead atoms. The van der Waals surface area contributed by atoms with Crippen molar-refractivity contribution in [3.63, 3.8) is 0 Å². The third kappa shape index (κ3) is 5.00. The highest BCUT2D eigenvalue weighted by atomic mass is 16.4. The summed E-state index contributed by atoms with van der Waals surface area (Å²) >= 11 is 0. The zero-order valence-corrected chi connectivity index (χ0v) is 7.35. The van der Waals surface area contributed by atoms with Gasteiger partial charge in [0.25, 0.3) is 0 Å². The van der Waals surface area contributed by atoms with Gasteiger partial charge >= 0.3 is 0 Å². The summed E-state index contributed by atoms with van der Waals surface area (Å²) in [4.78, 5) is 17.9. The Kier molecular flexibility index (Phi) is 9.73. The highest BCUT2D eigenvalue weighted by Gasteiger charge is 2.29. The lowest BCUT2D eigenvalue weighted by atomic mass is 10.0. The molecule has 0 aliphatic carbocycles. The third-order valence-electron chi connectivity index (χ3n) is 1.42. The first kappa shape index (κ1) is 15.6. The number of carbonyl (C=O) groups excluding carboxylic acids is 2. The summed E-state index contributed by atoms with van der Waals surface area (Å²) < 4.78 is 0. The largest absolute Gasteiger partial charge is 0.394 e. The Balaban J connectivity index is 0. The Bertz CT molecular complexity index is 151. The van der Waals surface area contributed by atoms with E-state index in [1.54, 1.807) is 0 Å². The average molecular weight is 210 g/mol. The van der Waals surface area contributed by atoms with E-state index in [-0.39, 0.29) is 6.29 Å². The molecule has 0 heterocycles. The summed E-state index contributed by atoms with van der Waals surface area (Å²) in [6.45, 7) is 1.24. The smallest absolute Gasteiger partial charge is 0.151 e. The predicted octanol–water partition coefficient (Wildman–Crippen LogP) is -3.56. The van der Waals surface area contributed by atoms with Crippen LogP contribution < -0.4 is 0 Å². The fourth-order valence-corrected chi connectivity index (χ4v) is 0.618. The molecular formula is C7H14O7. The molecule has 0 saturated carbocycles. The highest BCUT2D eigenvalue weighted by Crippen LogP contribution is 2.02. The summed E-state index contributed by atoms with van der Waals surface area (Å²) in [6, 6.07) is 0. The van der Waals surface area contributed by atoms with Crippen LogP contribution in [0.5, 0.6) is 0 Å². The molecule has 0 rings (SSSR count). The third-order valence-corrected chi connectivity index (χ3v) is 1.42. The lowest BCUT2D eigenvalue weighted by Crippen LogP contribution is -2.46. The van der Waals surface area contributed by atoms with Crippen LogP contribution in [0.1, 0.15) is 0 Å². The number of carbonyl (C=O) groups is 2. The van der Waals surface area contributed by atoms with E-state index >= 15 is 0 Å². The fourth-order valence-electron chi connectivity index (χ4n) is 0.618. The number of hydrogen-bond donors (Lipinski definition) is 5. The van der Waals surface area contributed by atoms with Crippen molar-refractivity contribution in [2.24, 2.45) is 0 Å². The van der Waals surface area contributed by atoms with Gasteiger partial charge in [-0.25, -0.2) is 0 Å². The summed E-state index contributed by atoms with van der Waals surface area (Å²) in [7, 11) is 0. The molecule has 0 aliphatic rings. The lowest BCUT2D eigenvalue weighted by Gasteiger charge is -2.22. The van der Waals surface area contributed by atoms with Crippen LogP contribution in [-0.2, 0) is 9.59 Å². The Morgan fingerprint density at radius 3 is 1.79 bits per heavy atom. The maximum atomic E-state index is 9.90. The van der Waals surface area contributed by atoms with E-state index in [4.69, 9.17) is 30.3 Å². The van der Waals surface area contributed by atoms with Crippen LogP contribution in [0.4, 0.5) is 0 Å². The fraction of sp³-hybridized carbons (Fsp3) is 0.714. The van der Waals surface area contributed by atoms with Gasteiger partial charge in [-0.05, 0) is 0 Å². The molecule has 0 amide bonds. The van der Waals surface area contributed by atoms with Crippen LogP contribution in [0, 0.1) is 0 Å². The first-order valence-corrected chi connectivity index (χ1v) is 3.61. The van der Waals surface area contributed by atoms with E-state index < -0.39 is 31.0 Å². The topological polar surface area (TPSA) is 135 Å². The number of aliphatic hydroxyl groups is 5. The maximum absolute atomic E-state index is 9.90. The minimum Gasteiger partial charge on any atom is -0.394 e. The molecule has 14 heavy (non-hydrogen) atoms. The predicted molar refractivity (Wildman–Crippen MR) is 44.3 cm³/mol. The van der Waals surface area contributed by atoms with Crippen LogP contribution in [0.25, 0.3) is 0 Å². The molecule has 0 aromatic rings. The Morgan fingerprint density at radius 2 is 1.50 bits per heavy atom. The lowest BCUT2D eigenvalue weighted by molar-refractivity contribution is -0.136. The van der Waals surface area contributed by atoms with Crippen LogP contribution in [0.3, 0.4) is 0 Å². The van der Waals surface area contributed by atoms with Crippen molar-refractivity contribution >= 4 is 13.1 Å². The highest BCUT2D eigenvalue weighted by molar-refractivity contribution is 5.56. The summed E-state index contributed by atoms with van der Waals surface area (Å²) in [5.41, 5.74) is 0. The molecule has 5 N–H and O–H groups in total. The first-order valence-electron chi connectivity index (χ1n) is 3.61. The summed E-state index contributed by atoms with van der Waals surface area (Å²) in [6.07, 6.45) is -6.84. The second-order valence-electron chi connectivity index (χ2n) is 2.36. The van der Waals surface area contributed by atoms with Crippen molar-refractivity contribution in [1.82, 2.24) is 0 Å². The molecule has 0 aliphatic heterocycles. The van der Waals surface area contributed by atoms with E-state index in [0.29, 0.717) is 0 Å². The monoisotopic (exact) mass is 210 g/mol. The normalized spacial score (nSPS) is 18.4. The maximum Gasteiger partial charge on any atom is 0.151 e. The quantitative estimate of drug-likeness (QED) is 0.296. The van der Waals surface area contributed by atoms with Crippen molar-refractivity contribution < 1.29 is 35.1 Å². The molecule has 0 spiro atoms. The molecule has 4 atom stereocenters. The molecule has 0 fully saturated rings. The van der Waals surface area contributed by atoms with Gasteiger partial charge in [-0.1, -0.05) is 0 Å². The molecule has 7 heteroatoms. The summed E-state index contributed by atoms with van der Waals surface area (Å²) in [5, 5.41) is 43.5. The zero-order valence-electron chi connectivity index (χ0n) is 7.35. The van der Waals surface area contributed by atoms with Gasteiger partial charge in [0, 0.05) is 0 Å². The van der Waals surface area contributed by atoms with Gasteiger partial charge in [-0.2, -0.15) is 0 Å². The SMILES string of the molecule is C=O.O=C[C@H](O)[C@@H](O)[C@H](O)[C@H](O)CO. The Hall–Kier alpha value is -0.860. The molecule has 0 unspecified atom stereocenters. The van der Waals surface area contributed by atoms with Crippen molar-refractivity contribution in [1.29, 1.82) is 0 Å². The molecule has 0 aromatic heterocycles. The molecule has 84 valence electrons. The van der Waals surface area contributed by atoms with Crippen LogP contribution in [-0.4, -0.2) is 69.6 Å². The van der Waals surface area contributed by atoms with Crippen molar-refractivity contribution in [2.45, 2.75) is 24.4 Å². The Labute approximate surface area is 80.2 Å². The second-order valence-corrected chi connectivity index (χ2v) is 2.36. The van der Waals surface area contributed by atoms with Gasteiger partial charge in [0.1, 0.15) is 31.2 Å². The summed E-state index contributed by atoms with van der Waals surface area (Å²) in [5.74, 6) is 0. The first-order chi connectivity index (χ1) is 6.54. The zero-order chi connectivity index (χ0) is 11.7. The minimum atomic E-state index is -1.79. The molecule has 0 saturated heterocycles. The van der Waals surface area contributed by atoms with Gasteiger partial charge in [0.15, 0.2) is 6.29 Å². The van der Waals surface area contributed by atoms with Crippen LogP contribution >= 0.6 is 0 Å². The van der Waals surface area contributed by atoms with Gasteiger partial charge in [-0.15, -0.1) is 0 Å². The van der Waals surface area contributed by atoms with E-state index in [0.717, 1.165) is 0 Å². The van der Waals surface area contributed by atoms with E-state index in [2.05, 4.69) is 0 Å². The van der Waals surface area contributed by atoms with Crippen molar-refractivity contribution in [3.05, 3.63) is 0 Å². The van der Waals surface area contributed by atoms with E-state index in [1.807, 2.05) is 6.79 Å². The average Bonchev–Trinajstić information content (AvgIpc) is 2.27.